The van der Waals surface area contributed by atoms with Gasteiger partial charge in [0.1, 0.15) is 11.1 Å². The Morgan fingerprint density at radius 2 is 2.19 bits per heavy atom. The lowest BCUT2D eigenvalue weighted by molar-refractivity contribution is -0.113. The van der Waals surface area contributed by atoms with Crippen LogP contribution >= 0.6 is 34.7 Å². The minimum absolute atomic E-state index is 0.151. The van der Waals surface area contributed by atoms with Crippen LogP contribution in [0.15, 0.2) is 29.4 Å². The van der Waals surface area contributed by atoms with Crippen LogP contribution < -0.4 is 5.32 Å². The third kappa shape index (κ3) is 4.85. The number of thiophene rings is 1. The number of thioether (sulfide) groups is 1. The van der Waals surface area contributed by atoms with Crippen LogP contribution in [0.4, 0.5) is 5.00 Å². The topological polar surface area (TPSA) is 94.5 Å². The van der Waals surface area contributed by atoms with E-state index in [0.717, 1.165) is 30.4 Å². The van der Waals surface area contributed by atoms with E-state index in [0.29, 0.717) is 32.5 Å². The van der Waals surface area contributed by atoms with Gasteiger partial charge in [-0.25, -0.2) is 4.98 Å². The van der Waals surface area contributed by atoms with E-state index in [-0.39, 0.29) is 17.1 Å². The predicted molar refractivity (Wildman–Crippen MR) is 130 cm³/mol. The highest BCUT2D eigenvalue weighted by Gasteiger charge is 2.32. The number of nitrogens with zero attached hydrogens (tertiary/aromatic N) is 3. The number of aromatic amines is 1. The van der Waals surface area contributed by atoms with Crippen LogP contribution in [0.5, 0.6) is 0 Å². The molecule has 2 N–H and O–H groups in total. The normalized spacial score (nSPS) is 15.8. The van der Waals surface area contributed by atoms with Crippen LogP contribution in [-0.2, 0) is 17.6 Å². The van der Waals surface area contributed by atoms with Crippen LogP contribution in [-0.4, -0.2) is 26.8 Å². The summed E-state index contributed by atoms with van der Waals surface area (Å²) in [5.41, 5.74) is 2.72. The van der Waals surface area contributed by atoms with Crippen LogP contribution in [0.25, 0.3) is 11.4 Å². The molecule has 4 rings (SSSR count). The maximum Gasteiger partial charge on any atom is 0.235 e. The summed E-state index contributed by atoms with van der Waals surface area (Å²) < 4.78 is 0. The average Bonchev–Trinajstić information content (AvgIpc) is 3.35. The summed E-state index contributed by atoms with van der Waals surface area (Å²) in [4.78, 5) is 18.3. The highest BCUT2D eigenvalue weighted by Crippen LogP contribution is 2.44. The third-order valence-corrected chi connectivity index (χ3v) is 8.13. The molecule has 0 fully saturated rings. The van der Waals surface area contributed by atoms with E-state index in [2.05, 4.69) is 47.3 Å². The first-order valence-corrected chi connectivity index (χ1v) is 12.6. The van der Waals surface area contributed by atoms with E-state index < -0.39 is 0 Å². The number of rotatable bonds is 5. The maximum atomic E-state index is 12.6. The molecular weight excluding hydrogens is 462 g/mol. The van der Waals surface area contributed by atoms with Gasteiger partial charge >= 0.3 is 0 Å². The molecule has 0 aliphatic heterocycles. The van der Waals surface area contributed by atoms with Gasteiger partial charge in [-0.05, 0) is 48.3 Å². The number of anilines is 1. The van der Waals surface area contributed by atoms with Gasteiger partial charge in [0.2, 0.25) is 11.1 Å². The molecule has 1 atom stereocenters. The molecule has 9 heteroatoms. The summed E-state index contributed by atoms with van der Waals surface area (Å²) in [6.07, 6.45) is 2.93. The van der Waals surface area contributed by atoms with Crippen molar-refractivity contribution in [2.45, 2.75) is 45.2 Å². The number of nitrogens with one attached hydrogen (secondary N) is 2. The van der Waals surface area contributed by atoms with Crippen LogP contribution in [0.3, 0.4) is 0 Å². The number of H-pyrrole nitrogens is 1. The van der Waals surface area contributed by atoms with Crippen LogP contribution in [0.1, 0.15) is 43.2 Å². The molecule has 3 aromatic rings. The minimum atomic E-state index is -0.179. The molecule has 0 unspecified atom stereocenters. The van der Waals surface area contributed by atoms with Crippen molar-refractivity contribution in [3.63, 3.8) is 0 Å². The van der Waals surface area contributed by atoms with Gasteiger partial charge in [0, 0.05) is 10.4 Å². The number of fused-ring (bicyclic) bond motifs is 1. The third-order valence-electron chi connectivity index (χ3n) is 5.78. The molecule has 1 aromatic carbocycles. The van der Waals surface area contributed by atoms with Crippen molar-refractivity contribution in [3.8, 4) is 17.5 Å². The quantitative estimate of drug-likeness (QED) is 0.436. The Labute approximate surface area is 200 Å². The Morgan fingerprint density at radius 3 is 2.91 bits per heavy atom. The van der Waals surface area contributed by atoms with Gasteiger partial charge in [0.05, 0.1) is 16.3 Å². The predicted octanol–water partition coefficient (Wildman–Crippen LogP) is 5.94. The SMILES string of the molecule is CC(C)(C)[C@H]1CCc2c(sc(NC(=O)CSc3n[nH]c(-c4ccccc4Cl)n3)c2C#N)C1. The van der Waals surface area contributed by atoms with E-state index in [4.69, 9.17) is 11.6 Å². The highest BCUT2D eigenvalue weighted by molar-refractivity contribution is 7.99. The second kappa shape index (κ2) is 9.26. The second-order valence-corrected chi connectivity index (χ2v) is 11.4. The first kappa shape index (κ1) is 22.8. The molecule has 1 aliphatic rings. The van der Waals surface area contributed by atoms with Crippen molar-refractivity contribution in [1.82, 2.24) is 15.2 Å². The smallest absolute Gasteiger partial charge is 0.235 e. The lowest BCUT2D eigenvalue weighted by atomic mass is 9.72. The Morgan fingerprint density at radius 1 is 1.41 bits per heavy atom. The molecule has 0 saturated carbocycles. The molecular formula is C23H24ClN5OS2. The zero-order valence-corrected chi connectivity index (χ0v) is 20.5. The van der Waals surface area contributed by atoms with Crippen molar-refractivity contribution in [2.24, 2.45) is 11.3 Å². The summed E-state index contributed by atoms with van der Waals surface area (Å²) in [6.45, 7) is 6.80. The molecule has 2 heterocycles. The van der Waals surface area contributed by atoms with E-state index in [1.807, 2.05) is 18.2 Å². The fraction of sp³-hybridized carbons (Fsp3) is 0.391. The largest absolute Gasteiger partial charge is 0.316 e. The first-order valence-electron chi connectivity index (χ1n) is 10.4. The fourth-order valence-electron chi connectivity index (χ4n) is 3.91. The minimum Gasteiger partial charge on any atom is -0.316 e. The number of hydrogen-bond donors (Lipinski definition) is 2. The van der Waals surface area contributed by atoms with Crippen molar-refractivity contribution < 1.29 is 4.79 Å². The van der Waals surface area contributed by atoms with Crippen molar-refractivity contribution >= 4 is 45.6 Å². The molecule has 2 aromatic heterocycles. The number of halogens is 1. The van der Waals surface area contributed by atoms with E-state index in [1.165, 1.54) is 16.6 Å². The van der Waals surface area contributed by atoms with Gasteiger partial charge in [-0.3, -0.25) is 9.89 Å². The van der Waals surface area contributed by atoms with Gasteiger partial charge < -0.3 is 5.32 Å². The molecule has 1 aliphatic carbocycles. The van der Waals surface area contributed by atoms with Crippen molar-refractivity contribution in [3.05, 3.63) is 45.3 Å². The van der Waals surface area contributed by atoms with E-state index >= 15 is 0 Å². The summed E-state index contributed by atoms with van der Waals surface area (Å²) in [5, 5.41) is 21.4. The highest BCUT2D eigenvalue weighted by atomic mass is 35.5. The first-order chi connectivity index (χ1) is 15.3. The van der Waals surface area contributed by atoms with Crippen LogP contribution in [0.2, 0.25) is 5.02 Å². The number of carbonyl (C=O) groups is 1. The number of benzene rings is 1. The molecule has 166 valence electrons. The second-order valence-electron chi connectivity index (χ2n) is 8.91. The molecule has 0 bridgehead atoms. The van der Waals surface area contributed by atoms with Crippen molar-refractivity contribution in [1.29, 1.82) is 5.26 Å². The zero-order valence-electron chi connectivity index (χ0n) is 18.2. The molecule has 1 amide bonds. The molecule has 0 spiro atoms. The lowest BCUT2D eigenvalue weighted by Gasteiger charge is -2.33. The van der Waals surface area contributed by atoms with Gasteiger partial charge in [0.15, 0.2) is 5.82 Å². The van der Waals surface area contributed by atoms with Crippen LogP contribution in [0, 0.1) is 22.7 Å². The van der Waals surface area contributed by atoms with Gasteiger partial charge in [0.25, 0.3) is 0 Å². The standard InChI is InChI=1S/C23H24ClN5OS2/c1-23(2,3)13-8-9-14-16(11-25)21(32-18(14)10-13)26-19(30)12-31-22-27-20(28-29-22)15-6-4-5-7-17(15)24/h4-7,13H,8-10,12H2,1-3H3,(H,26,30)(H,27,28,29)/t13-/m0/s1. The number of carbonyl (C=O) groups excluding carboxylic acids is 1. The Hall–Kier alpha value is -2.34. The average molecular weight is 486 g/mol. The zero-order chi connectivity index (χ0) is 22.9. The summed E-state index contributed by atoms with van der Waals surface area (Å²) in [6, 6.07) is 9.68. The molecule has 6 nitrogen and oxygen atoms in total. The number of aromatic nitrogens is 3. The Balaban J connectivity index is 1.41. The summed E-state index contributed by atoms with van der Waals surface area (Å²) >= 11 is 8.99. The van der Waals surface area contributed by atoms with Gasteiger partial charge in [-0.1, -0.05) is 56.3 Å². The number of nitriles is 1. The summed E-state index contributed by atoms with van der Waals surface area (Å²) in [7, 11) is 0. The molecule has 0 radical (unpaired) electrons. The van der Waals surface area contributed by atoms with Gasteiger partial charge in [-0.15, -0.1) is 16.4 Å². The monoisotopic (exact) mass is 485 g/mol. The van der Waals surface area contributed by atoms with Gasteiger partial charge in [-0.2, -0.15) is 5.26 Å². The lowest BCUT2D eigenvalue weighted by Crippen LogP contribution is -2.26. The fourth-order valence-corrected chi connectivity index (χ4v) is 6.03. The number of amides is 1. The molecule has 0 saturated heterocycles. The Bertz CT molecular complexity index is 1190. The van der Waals surface area contributed by atoms with E-state index in [9.17, 15) is 10.1 Å². The van der Waals surface area contributed by atoms with E-state index in [1.54, 1.807) is 17.4 Å². The maximum absolute atomic E-state index is 12.6. The number of hydrogen-bond acceptors (Lipinski definition) is 6. The molecule has 32 heavy (non-hydrogen) atoms. The van der Waals surface area contributed by atoms with Crippen molar-refractivity contribution in [2.75, 3.05) is 11.1 Å². The Kier molecular flexibility index (Phi) is 6.61. The summed E-state index contributed by atoms with van der Waals surface area (Å²) in [5.74, 6) is 1.11.